The molecule has 0 saturated carbocycles. The molecule has 3 heterocycles. The third-order valence-electron chi connectivity index (χ3n) is 12.1. The Morgan fingerprint density at radius 1 is 0.403 bits per heavy atom. The quantitative estimate of drug-likeness (QED) is 0.175. The lowest BCUT2D eigenvalue weighted by molar-refractivity contribution is 0.662. The van der Waals surface area contributed by atoms with E-state index in [9.17, 15) is 0 Å². The van der Waals surface area contributed by atoms with E-state index < -0.39 is 6.17 Å². The van der Waals surface area contributed by atoms with Gasteiger partial charge in [0.15, 0.2) is 5.84 Å². The first kappa shape index (κ1) is 35.6. The molecule has 0 bridgehead atoms. The molecule has 11 aromatic rings. The maximum Gasteiger partial charge on any atom is 0.159 e. The summed E-state index contributed by atoms with van der Waals surface area (Å²) in [6.07, 6.45) is -0.419. The van der Waals surface area contributed by atoms with Crippen LogP contribution in [0.4, 0.5) is 0 Å². The summed E-state index contributed by atoms with van der Waals surface area (Å²) in [6, 6.07) is 76.9. The molecule has 0 aliphatic carbocycles. The van der Waals surface area contributed by atoms with Crippen molar-refractivity contribution >= 4 is 55.4 Å². The van der Waals surface area contributed by atoms with Gasteiger partial charge in [-0.1, -0.05) is 164 Å². The lowest BCUT2D eigenvalue weighted by atomic mass is 10.0. The lowest BCUT2D eigenvalue weighted by Crippen LogP contribution is -2.33. The highest BCUT2D eigenvalue weighted by Gasteiger charge is 2.25. The number of aromatic nitrogens is 1. The maximum absolute atomic E-state index is 6.77. The van der Waals surface area contributed by atoms with E-state index in [0.717, 1.165) is 72.3 Å². The highest BCUT2D eigenvalue weighted by atomic mass is 16.3. The largest absolute Gasteiger partial charge is 0.456 e. The Morgan fingerprint density at radius 3 is 1.55 bits per heavy atom. The van der Waals surface area contributed by atoms with E-state index in [1.54, 1.807) is 0 Å². The molecule has 0 fully saturated rings. The SMILES string of the molecule is c1ccc(C2=NC(c3cccc(-c4ccccc4)c3)=NC(c3cccc4oc5cc(-n6c7ccc(-c8ccccc8)cc7c7cc(-c8ccccc8)ccc76)ccc5c34)N2)cc1. The van der Waals surface area contributed by atoms with Crippen molar-refractivity contribution in [3.63, 3.8) is 0 Å². The second-order valence-electron chi connectivity index (χ2n) is 15.8. The smallest absolute Gasteiger partial charge is 0.159 e. The molecular formula is C57H38N4O. The Bertz CT molecular complexity index is 3430. The topological polar surface area (TPSA) is 54.8 Å². The zero-order valence-electron chi connectivity index (χ0n) is 33.6. The molecule has 292 valence electrons. The summed E-state index contributed by atoms with van der Waals surface area (Å²) in [5.41, 5.74) is 14.9. The number of rotatable bonds is 7. The van der Waals surface area contributed by atoms with Crippen molar-refractivity contribution in [3.8, 4) is 39.1 Å². The number of amidine groups is 2. The predicted octanol–water partition coefficient (Wildman–Crippen LogP) is 14.2. The van der Waals surface area contributed by atoms with Gasteiger partial charge in [-0.3, -0.25) is 0 Å². The number of nitrogens with zero attached hydrogens (tertiary/aromatic N) is 3. The van der Waals surface area contributed by atoms with Gasteiger partial charge in [-0.15, -0.1) is 0 Å². The van der Waals surface area contributed by atoms with Crippen molar-refractivity contribution < 1.29 is 4.42 Å². The predicted molar refractivity (Wildman–Crippen MR) is 256 cm³/mol. The maximum atomic E-state index is 6.77. The average Bonchev–Trinajstić information content (AvgIpc) is 3.89. The fourth-order valence-electron chi connectivity index (χ4n) is 9.08. The Morgan fingerprint density at radius 2 is 0.935 bits per heavy atom. The van der Waals surface area contributed by atoms with Crippen LogP contribution in [-0.2, 0) is 0 Å². The van der Waals surface area contributed by atoms with Crippen LogP contribution < -0.4 is 5.32 Å². The summed E-state index contributed by atoms with van der Waals surface area (Å²) in [4.78, 5) is 10.5. The van der Waals surface area contributed by atoms with Gasteiger partial charge >= 0.3 is 0 Å². The number of nitrogens with one attached hydrogen (secondary N) is 1. The van der Waals surface area contributed by atoms with Crippen molar-refractivity contribution in [1.82, 2.24) is 9.88 Å². The van der Waals surface area contributed by atoms with Crippen LogP contribution in [0.1, 0.15) is 22.9 Å². The molecule has 5 nitrogen and oxygen atoms in total. The van der Waals surface area contributed by atoms with Crippen LogP contribution in [0.2, 0.25) is 0 Å². The van der Waals surface area contributed by atoms with Crippen LogP contribution in [0.5, 0.6) is 0 Å². The Hall–Kier alpha value is -8.28. The number of furan rings is 1. The number of aliphatic imine (C=N–C) groups is 2. The Kier molecular flexibility index (Phi) is 8.49. The fourth-order valence-corrected chi connectivity index (χ4v) is 9.08. The van der Waals surface area contributed by atoms with Gasteiger partial charge in [0.05, 0.1) is 11.0 Å². The van der Waals surface area contributed by atoms with E-state index in [0.29, 0.717) is 5.84 Å². The number of fused-ring (bicyclic) bond motifs is 6. The van der Waals surface area contributed by atoms with Crippen LogP contribution in [-0.4, -0.2) is 16.2 Å². The second kappa shape index (κ2) is 14.8. The molecule has 0 saturated heterocycles. The van der Waals surface area contributed by atoms with Crippen molar-refractivity contribution in [2.75, 3.05) is 0 Å². The molecule has 12 rings (SSSR count). The van der Waals surface area contributed by atoms with E-state index in [1.165, 1.54) is 33.0 Å². The zero-order valence-corrected chi connectivity index (χ0v) is 33.6. The summed E-state index contributed by atoms with van der Waals surface area (Å²) >= 11 is 0. The molecular weight excluding hydrogens is 757 g/mol. The molecule has 0 radical (unpaired) electrons. The van der Waals surface area contributed by atoms with Crippen LogP contribution in [0.25, 0.3) is 82.8 Å². The van der Waals surface area contributed by atoms with E-state index in [1.807, 2.05) is 24.3 Å². The molecule has 2 aromatic heterocycles. The summed E-state index contributed by atoms with van der Waals surface area (Å²) in [7, 11) is 0. The van der Waals surface area contributed by atoms with E-state index in [-0.39, 0.29) is 0 Å². The van der Waals surface area contributed by atoms with Gasteiger partial charge in [0.25, 0.3) is 0 Å². The number of hydrogen-bond acceptors (Lipinski definition) is 4. The number of hydrogen-bond donors (Lipinski definition) is 1. The monoisotopic (exact) mass is 794 g/mol. The molecule has 0 spiro atoms. The van der Waals surface area contributed by atoms with Crippen molar-refractivity contribution in [2.24, 2.45) is 9.98 Å². The van der Waals surface area contributed by atoms with Crippen molar-refractivity contribution in [1.29, 1.82) is 0 Å². The number of benzene rings is 9. The first-order valence-electron chi connectivity index (χ1n) is 21.0. The molecule has 5 heteroatoms. The lowest BCUT2D eigenvalue weighted by Gasteiger charge is -2.24. The first-order valence-corrected chi connectivity index (χ1v) is 21.0. The van der Waals surface area contributed by atoms with E-state index in [4.69, 9.17) is 14.4 Å². The van der Waals surface area contributed by atoms with Gasteiger partial charge in [-0.05, 0) is 81.9 Å². The average molecular weight is 795 g/mol. The van der Waals surface area contributed by atoms with Crippen molar-refractivity contribution in [2.45, 2.75) is 6.17 Å². The summed E-state index contributed by atoms with van der Waals surface area (Å²) in [5.74, 6) is 1.45. The highest BCUT2D eigenvalue weighted by molar-refractivity contribution is 6.15. The molecule has 1 N–H and O–H groups in total. The van der Waals surface area contributed by atoms with Crippen LogP contribution >= 0.6 is 0 Å². The van der Waals surface area contributed by atoms with Gasteiger partial charge in [0.1, 0.15) is 23.2 Å². The summed E-state index contributed by atoms with van der Waals surface area (Å²) < 4.78 is 9.14. The fraction of sp³-hybridized carbons (Fsp3) is 0.0175. The third-order valence-corrected chi connectivity index (χ3v) is 12.1. The van der Waals surface area contributed by atoms with E-state index in [2.05, 4.69) is 204 Å². The van der Waals surface area contributed by atoms with E-state index >= 15 is 0 Å². The van der Waals surface area contributed by atoms with Crippen LogP contribution in [0.3, 0.4) is 0 Å². The molecule has 9 aromatic carbocycles. The Labute approximate surface area is 358 Å². The second-order valence-corrected chi connectivity index (χ2v) is 15.8. The minimum Gasteiger partial charge on any atom is -0.456 e. The molecule has 1 aliphatic heterocycles. The zero-order chi connectivity index (χ0) is 41.0. The Balaban J connectivity index is 0.997. The van der Waals surface area contributed by atoms with Crippen LogP contribution in [0.15, 0.2) is 233 Å². The van der Waals surface area contributed by atoms with Gasteiger partial charge in [-0.25, -0.2) is 9.98 Å². The van der Waals surface area contributed by atoms with Gasteiger partial charge in [0.2, 0.25) is 0 Å². The summed E-state index contributed by atoms with van der Waals surface area (Å²) in [6.45, 7) is 0. The molecule has 1 aliphatic rings. The van der Waals surface area contributed by atoms with Gasteiger partial charge in [0, 0.05) is 50.0 Å². The van der Waals surface area contributed by atoms with Gasteiger partial charge in [-0.2, -0.15) is 0 Å². The standard InChI is InChI=1S/C57H38N4O/c1-5-15-37(16-6-1)41-23-13-24-44(33-41)56-58-55(40-21-11-4-12-22-40)59-57(60-56)47-25-14-26-52-54(47)46-30-29-45(36-53(46)62-52)61-50-31-27-42(38-17-7-2-8-18-38)34-48(50)49-35-43(28-32-51(49)61)39-19-9-3-10-20-39/h1-36,57H,(H,58,59,60). The highest BCUT2D eigenvalue weighted by Crippen LogP contribution is 2.40. The minimum absolute atomic E-state index is 0.419. The first-order chi connectivity index (χ1) is 30.7. The summed E-state index contributed by atoms with van der Waals surface area (Å²) in [5, 5.41) is 8.17. The third kappa shape index (κ3) is 6.18. The van der Waals surface area contributed by atoms with Crippen LogP contribution in [0, 0.1) is 0 Å². The minimum atomic E-state index is -0.419. The van der Waals surface area contributed by atoms with Gasteiger partial charge < -0.3 is 14.3 Å². The molecule has 1 unspecified atom stereocenters. The normalized spacial score (nSPS) is 14.0. The molecule has 62 heavy (non-hydrogen) atoms. The molecule has 0 amide bonds. The van der Waals surface area contributed by atoms with Crippen molar-refractivity contribution in [3.05, 3.63) is 235 Å². The molecule has 1 atom stereocenters.